The van der Waals surface area contributed by atoms with Gasteiger partial charge in [-0.05, 0) is 42.0 Å². The van der Waals surface area contributed by atoms with Gasteiger partial charge in [0, 0.05) is 35.5 Å². The third kappa shape index (κ3) is 4.17. The highest BCUT2D eigenvalue weighted by molar-refractivity contribution is 6.51. The van der Waals surface area contributed by atoms with Gasteiger partial charge in [0.15, 0.2) is 0 Å². The van der Waals surface area contributed by atoms with Gasteiger partial charge >= 0.3 is 0 Å². The molecule has 1 heterocycles. The molecule has 1 atom stereocenters. The highest BCUT2D eigenvalue weighted by Crippen LogP contribution is 2.43. The SMILES string of the molecule is COc1ccc(N2C(=O)C(=O)/C(=C(/O)c3ccc([N+](=O)[O-])cc3)[C@H]2c2cccc([N+](=O)[O-])c2)cc1. The third-order valence-electron chi connectivity index (χ3n) is 5.54. The number of rotatable bonds is 6. The Labute approximate surface area is 197 Å². The van der Waals surface area contributed by atoms with Crippen molar-refractivity contribution >= 4 is 34.5 Å². The Morgan fingerprint density at radius 3 is 2.11 bits per heavy atom. The monoisotopic (exact) mass is 475 g/mol. The van der Waals surface area contributed by atoms with E-state index in [1.165, 1.54) is 43.5 Å². The molecule has 1 aliphatic rings. The van der Waals surface area contributed by atoms with Crippen LogP contribution in [0, 0.1) is 20.2 Å². The number of nitrogens with zero attached hydrogens (tertiary/aromatic N) is 3. The number of benzene rings is 3. The fraction of sp³-hybridized carbons (Fsp3) is 0.0833. The molecule has 11 nitrogen and oxygen atoms in total. The first kappa shape index (κ1) is 23.1. The molecule has 4 rings (SSSR count). The Hall–Kier alpha value is -5.06. The molecule has 0 bridgehead atoms. The minimum atomic E-state index is -1.20. The van der Waals surface area contributed by atoms with Gasteiger partial charge in [0.25, 0.3) is 23.1 Å². The van der Waals surface area contributed by atoms with Gasteiger partial charge in [-0.2, -0.15) is 0 Å². The first-order chi connectivity index (χ1) is 16.7. The summed E-state index contributed by atoms with van der Waals surface area (Å²) in [6.45, 7) is 0. The summed E-state index contributed by atoms with van der Waals surface area (Å²) in [5.74, 6) is -2.02. The van der Waals surface area contributed by atoms with Crippen LogP contribution in [0.2, 0.25) is 0 Å². The number of nitro groups is 2. The predicted octanol–water partition coefficient (Wildman–Crippen LogP) is 4.14. The normalized spacial score (nSPS) is 16.8. The van der Waals surface area contributed by atoms with E-state index in [4.69, 9.17) is 4.74 Å². The first-order valence-corrected chi connectivity index (χ1v) is 10.2. The Morgan fingerprint density at radius 2 is 1.54 bits per heavy atom. The maximum atomic E-state index is 13.1. The number of ether oxygens (including phenoxy) is 1. The van der Waals surface area contributed by atoms with Gasteiger partial charge in [-0.1, -0.05) is 12.1 Å². The van der Waals surface area contributed by atoms with Gasteiger partial charge in [-0.3, -0.25) is 34.7 Å². The molecule has 0 unspecified atom stereocenters. The van der Waals surface area contributed by atoms with Crippen LogP contribution in [0.5, 0.6) is 5.75 Å². The number of ketones is 1. The number of hydrogen-bond acceptors (Lipinski definition) is 8. The quantitative estimate of drug-likeness (QED) is 0.183. The van der Waals surface area contributed by atoms with Crippen molar-refractivity contribution in [3.05, 3.63) is 110 Å². The zero-order chi connectivity index (χ0) is 25.3. The number of amides is 1. The van der Waals surface area contributed by atoms with Crippen LogP contribution < -0.4 is 9.64 Å². The van der Waals surface area contributed by atoms with Crippen molar-refractivity contribution in [3.8, 4) is 5.75 Å². The largest absolute Gasteiger partial charge is 0.507 e. The standard InChI is InChI=1S/C24H17N3O8/c1-35-19-11-9-16(10-12-19)25-21(15-3-2-4-18(13-15)27(33)34)20(23(29)24(25)30)22(28)14-5-7-17(8-6-14)26(31)32/h2-13,21,28H,1H3/b22-20+/t21-/m1/s1. The number of aliphatic hydroxyl groups excluding tert-OH is 1. The first-order valence-electron chi connectivity index (χ1n) is 10.2. The summed E-state index contributed by atoms with van der Waals surface area (Å²) in [6, 6.07) is 15.2. The number of non-ortho nitro benzene ring substituents is 2. The van der Waals surface area contributed by atoms with E-state index in [-0.39, 0.29) is 28.1 Å². The fourth-order valence-electron chi connectivity index (χ4n) is 3.86. The number of methoxy groups -OCH3 is 1. The van der Waals surface area contributed by atoms with Crippen molar-refractivity contribution in [1.82, 2.24) is 0 Å². The molecule has 3 aromatic rings. The Morgan fingerprint density at radius 1 is 0.914 bits per heavy atom. The van der Waals surface area contributed by atoms with Crippen molar-refractivity contribution in [1.29, 1.82) is 0 Å². The summed E-state index contributed by atoms with van der Waals surface area (Å²) in [5, 5.41) is 33.4. The van der Waals surface area contributed by atoms with Gasteiger partial charge in [0.1, 0.15) is 11.5 Å². The number of Topliss-reactive ketones (excluding diaryl/α,β-unsaturated/α-hetero) is 1. The number of hydrogen-bond donors (Lipinski definition) is 1. The zero-order valence-corrected chi connectivity index (χ0v) is 18.2. The van der Waals surface area contributed by atoms with Crippen molar-refractivity contribution in [2.45, 2.75) is 6.04 Å². The molecule has 0 radical (unpaired) electrons. The van der Waals surface area contributed by atoms with Crippen molar-refractivity contribution in [3.63, 3.8) is 0 Å². The summed E-state index contributed by atoms with van der Waals surface area (Å²) >= 11 is 0. The topological polar surface area (TPSA) is 153 Å². The lowest BCUT2D eigenvalue weighted by Crippen LogP contribution is -2.29. The van der Waals surface area contributed by atoms with Gasteiger partial charge in [0.05, 0.1) is 28.6 Å². The molecule has 0 saturated carbocycles. The smallest absolute Gasteiger partial charge is 0.300 e. The van der Waals surface area contributed by atoms with E-state index in [1.807, 2.05) is 0 Å². The van der Waals surface area contributed by atoms with Crippen LogP contribution in [0.3, 0.4) is 0 Å². The highest BCUT2D eigenvalue weighted by Gasteiger charge is 2.47. The molecular weight excluding hydrogens is 458 g/mol. The molecule has 11 heteroatoms. The summed E-state index contributed by atoms with van der Waals surface area (Å²) in [6.07, 6.45) is 0. The van der Waals surface area contributed by atoms with Crippen LogP contribution in [-0.4, -0.2) is 33.8 Å². The second-order valence-corrected chi connectivity index (χ2v) is 7.52. The second-order valence-electron chi connectivity index (χ2n) is 7.52. The van der Waals surface area contributed by atoms with Gasteiger partial charge < -0.3 is 9.84 Å². The van der Waals surface area contributed by atoms with Crippen molar-refractivity contribution < 1.29 is 29.3 Å². The molecule has 1 N–H and O–H groups in total. The van der Waals surface area contributed by atoms with E-state index in [2.05, 4.69) is 0 Å². The van der Waals surface area contributed by atoms with E-state index in [0.29, 0.717) is 11.4 Å². The minimum absolute atomic E-state index is 0.0683. The fourth-order valence-corrected chi connectivity index (χ4v) is 3.86. The maximum Gasteiger partial charge on any atom is 0.300 e. The molecule has 0 aromatic heterocycles. The summed E-state index contributed by atoms with van der Waals surface area (Å²) in [7, 11) is 1.47. The highest BCUT2D eigenvalue weighted by atomic mass is 16.6. The summed E-state index contributed by atoms with van der Waals surface area (Å²) < 4.78 is 5.13. The Balaban J connectivity index is 1.93. The van der Waals surface area contributed by atoms with E-state index in [1.54, 1.807) is 24.3 Å². The van der Waals surface area contributed by atoms with E-state index < -0.39 is 33.3 Å². The summed E-state index contributed by atoms with van der Waals surface area (Å²) in [4.78, 5) is 48.5. The lowest BCUT2D eigenvalue weighted by atomic mass is 9.94. The maximum absolute atomic E-state index is 13.1. The second kappa shape index (κ2) is 9.06. The number of carbonyl (C=O) groups is 2. The number of nitro benzene ring substituents is 2. The molecule has 1 aliphatic heterocycles. The Bertz CT molecular complexity index is 1380. The molecule has 0 spiro atoms. The van der Waals surface area contributed by atoms with Gasteiger partial charge in [-0.15, -0.1) is 0 Å². The van der Waals surface area contributed by atoms with Crippen molar-refractivity contribution in [2.24, 2.45) is 0 Å². The molecule has 1 saturated heterocycles. The summed E-state index contributed by atoms with van der Waals surface area (Å²) in [5.41, 5.74) is -0.211. The predicted molar refractivity (Wildman–Crippen MR) is 124 cm³/mol. The third-order valence-corrected chi connectivity index (χ3v) is 5.54. The average molecular weight is 475 g/mol. The molecular formula is C24H17N3O8. The van der Waals surface area contributed by atoms with Crippen LogP contribution in [-0.2, 0) is 9.59 Å². The van der Waals surface area contributed by atoms with Gasteiger partial charge in [-0.25, -0.2) is 0 Å². The number of aliphatic hydroxyl groups is 1. The lowest BCUT2D eigenvalue weighted by molar-refractivity contribution is -0.385. The lowest BCUT2D eigenvalue weighted by Gasteiger charge is -2.25. The zero-order valence-electron chi connectivity index (χ0n) is 18.2. The molecule has 0 aliphatic carbocycles. The van der Waals surface area contributed by atoms with Crippen LogP contribution in [0.15, 0.2) is 78.4 Å². The average Bonchev–Trinajstić information content (AvgIpc) is 3.14. The Kier molecular flexibility index (Phi) is 5.98. The van der Waals surface area contributed by atoms with E-state index >= 15 is 0 Å². The van der Waals surface area contributed by atoms with E-state index in [9.17, 15) is 34.9 Å². The minimum Gasteiger partial charge on any atom is -0.507 e. The van der Waals surface area contributed by atoms with E-state index in [0.717, 1.165) is 17.0 Å². The van der Waals surface area contributed by atoms with Crippen LogP contribution in [0.1, 0.15) is 17.2 Å². The molecule has 176 valence electrons. The molecule has 35 heavy (non-hydrogen) atoms. The van der Waals surface area contributed by atoms with Crippen LogP contribution in [0.4, 0.5) is 17.1 Å². The van der Waals surface area contributed by atoms with Gasteiger partial charge in [0.2, 0.25) is 0 Å². The van der Waals surface area contributed by atoms with Crippen molar-refractivity contribution in [2.75, 3.05) is 12.0 Å². The molecule has 1 fully saturated rings. The van der Waals surface area contributed by atoms with Crippen LogP contribution >= 0.6 is 0 Å². The number of anilines is 1. The molecule has 3 aromatic carbocycles. The molecule has 1 amide bonds. The number of carbonyl (C=O) groups excluding carboxylic acids is 2. The van der Waals surface area contributed by atoms with Crippen LogP contribution in [0.25, 0.3) is 5.76 Å².